The quantitative estimate of drug-likeness (QED) is 0.224. The number of hydrogen-bond donors (Lipinski definition) is 1. The molecule has 0 amide bonds. The Balaban J connectivity index is 0.00000361. The van der Waals surface area contributed by atoms with Gasteiger partial charge >= 0.3 is 0 Å². The second-order valence-corrected chi connectivity index (χ2v) is 8.56. The SMILES string of the molecule is CCN1/C(=C\C=N\N=C(O)c2ccccc2OC)C(C)(Cc2ccccc2)c2cc(OC)ccc21.[Co]. The molecule has 1 N–H and O–H groups in total. The van der Waals surface area contributed by atoms with Gasteiger partial charge < -0.3 is 19.5 Å². The van der Waals surface area contributed by atoms with Gasteiger partial charge in [0.05, 0.1) is 26.0 Å². The average Bonchev–Trinajstić information content (AvgIpc) is 3.13. The Morgan fingerprint density at radius 1 is 1.00 bits per heavy atom. The molecule has 0 fully saturated rings. The van der Waals surface area contributed by atoms with E-state index >= 15 is 0 Å². The van der Waals surface area contributed by atoms with Gasteiger partial charge in [-0.1, -0.05) is 42.5 Å². The maximum absolute atomic E-state index is 10.4. The van der Waals surface area contributed by atoms with Gasteiger partial charge in [-0.2, -0.15) is 5.10 Å². The molecule has 3 aromatic carbocycles. The van der Waals surface area contributed by atoms with Crippen molar-refractivity contribution in [2.24, 2.45) is 10.2 Å². The molecule has 0 spiro atoms. The molecule has 1 radical (unpaired) electrons. The molecule has 1 atom stereocenters. The molecule has 1 aliphatic rings. The zero-order valence-electron chi connectivity index (χ0n) is 20.9. The predicted octanol–water partition coefficient (Wildman–Crippen LogP) is 5.92. The minimum Gasteiger partial charge on any atom is -0.497 e. The Morgan fingerprint density at radius 3 is 2.42 bits per heavy atom. The molecule has 6 nitrogen and oxygen atoms in total. The number of hydrogen-bond acceptors (Lipinski definition) is 5. The van der Waals surface area contributed by atoms with Crippen LogP contribution in [0.1, 0.15) is 30.5 Å². The Labute approximate surface area is 223 Å². The fourth-order valence-corrected chi connectivity index (χ4v) is 4.76. The summed E-state index contributed by atoms with van der Waals surface area (Å²) in [5, 5.41) is 18.6. The van der Waals surface area contributed by atoms with E-state index in [1.54, 1.807) is 32.6 Å². The number of methoxy groups -OCH3 is 2. The second-order valence-electron chi connectivity index (χ2n) is 8.56. The summed E-state index contributed by atoms with van der Waals surface area (Å²) >= 11 is 0. The number of anilines is 1. The van der Waals surface area contributed by atoms with Crippen molar-refractivity contribution in [1.82, 2.24) is 0 Å². The van der Waals surface area contributed by atoms with Gasteiger partial charge in [0.1, 0.15) is 11.5 Å². The molecule has 1 unspecified atom stereocenters. The van der Waals surface area contributed by atoms with Crippen molar-refractivity contribution in [3.63, 3.8) is 0 Å². The zero-order valence-corrected chi connectivity index (χ0v) is 22.0. The van der Waals surface area contributed by atoms with Crippen LogP contribution in [-0.2, 0) is 28.6 Å². The number of likely N-dealkylation sites (N-methyl/N-ethyl adjacent to an activating group) is 1. The predicted molar refractivity (Wildman–Crippen MR) is 142 cm³/mol. The first kappa shape index (κ1) is 27.0. The van der Waals surface area contributed by atoms with Crippen molar-refractivity contribution < 1.29 is 31.4 Å². The summed E-state index contributed by atoms with van der Waals surface area (Å²) in [6, 6.07) is 23.9. The Kier molecular flexibility index (Phi) is 8.96. The number of aliphatic hydroxyl groups excluding tert-OH is 1. The molecule has 0 aliphatic carbocycles. The number of nitrogens with zero attached hydrogens (tertiary/aromatic N) is 3. The molecule has 4 rings (SSSR count). The topological polar surface area (TPSA) is 66.7 Å². The molecule has 0 bridgehead atoms. The van der Waals surface area contributed by atoms with Gasteiger partial charge in [0, 0.05) is 40.1 Å². The van der Waals surface area contributed by atoms with Crippen molar-refractivity contribution in [3.05, 3.63) is 101 Å². The van der Waals surface area contributed by atoms with E-state index in [9.17, 15) is 5.11 Å². The molecule has 7 heteroatoms. The number of aliphatic hydroxyl groups is 1. The van der Waals surface area contributed by atoms with E-state index in [-0.39, 0.29) is 28.1 Å². The van der Waals surface area contributed by atoms with Gasteiger partial charge in [-0.3, -0.25) is 0 Å². The van der Waals surface area contributed by atoms with Crippen LogP contribution >= 0.6 is 0 Å². The summed E-state index contributed by atoms with van der Waals surface area (Å²) in [6.07, 6.45) is 4.44. The van der Waals surface area contributed by atoms with Crippen LogP contribution in [0.15, 0.2) is 94.8 Å². The van der Waals surface area contributed by atoms with Crippen LogP contribution in [0.4, 0.5) is 5.69 Å². The fraction of sp³-hybridized carbons (Fsp3) is 0.241. The molecule has 0 aromatic heterocycles. The third kappa shape index (κ3) is 5.32. The largest absolute Gasteiger partial charge is 0.497 e. The van der Waals surface area contributed by atoms with Gasteiger partial charge in [0.25, 0.3) is 0 Å². The van der Waals surface area contributed by atoms with Crippen LogP contribution in [-0.4, -0.2) is 38.0 Å². The van der Waals surface area contributed by atoms with Crippen molar-refractivity contribution in [1.29, 1.82) is 0 Å². The molecule has 189 valence electrons. The first-order valence-electron chi connectivity index (χ1n) is 11.7. The van der Waals surface area contributed by atoms with Crippen LogP contribution in [0.5, 0.6) is 11.5 Å². The smallest absolute Gasteiger partial charge is 0.242 e. The molecule has 1 aliphatic heterocycles. The minimum absolute atomic E-state index is 0. The number of allylic oxidation sites excluding steroid dienone is 2. The number of para-hydroxylation sites is 1. The number of ether oxygens (including phenoxy) is 2. The molecule has 0 saturated carbocycles. The number of benzene rings is 3. The third-order valence-electron chi connectivity index (χ3n) is 6.46. The van der Waals surface area contributed by atoms with E-state index in [1.165, 1.54) is 11.1 Å². The molecule has 0 saturated heterocycles. The van der Waals surface area contributed by atoms with Gasteiger partial charge in [0.2, 0.25) is 5.90 Å². The van der Waals surface area contributed by atoms with Crippen molar-refractivity contribution >= 4 is 17.8 Å². The Bertz CT molecular complexity index is 1270. The van der Waals surface area contributed by atoms with Crippen LogP contribution < -0.4 is 14.4 Å². The van der Waals surface area contributed by atoms with E-state index in [0.29, 0.717) is 11.3 Å². The number of rotatable bonds is 8. The van der Waals surface area contributed by atoms with E-state index < -0.39 is 0 Å². The van der Waals surface area contributed by atoms with Gasteiger partial charge in [-0.05, 0) is 67.8 Å². The summed E-state index contributed by atoms with van der Waals surface area (Å²) in [4.78, 5) is 2.30. The molecular weight excluding hydrogens is 497 g/mol. The normalized spacial score (nSPS) is 18.3. The monoisotopic (exact) mass is 528 g/mol. The molecule has 1 heterocycles. The standard InChI is InChI=1S/C29H31N3O3.Co/c1-5-32-25-16-15-22(34-3)19-24(25)29(2,20-21-11-7-6-8-12-21)27(32)17-18-30-31-28(33)23-13-9-10-14-26(23)35-4;/h6-19H,5,20H2,1-4H3,(H,31,33);/b27-17-,30-18+;. The first-order valence-corrected chi connectivity index (χ1v) is 11.7. The average molecular weight is 529 g/mol. The van der Waals surface area contributed by atoms with Gasteiger partial charge in [-0.25, -0.2) is 0 Å². The maximum atomic E-state index is 10.4. The molecular formula is C29H31CoN3O3. The van der Waals surface area contributed by atoms with Gasteiger partial charge in [0.15, 0.2) is 0 Å². The number of fused-ring (bicyclic) bond motifs is 1. The zero-order chi connectivity index (χ0) is 24.8. The maximum Gasteiger partial charge on any atom is 0.242 e. The summed E-state index contributed by atoms with van der Waals surface area (Å²) < 4.78 is 10.9. The van der Waals surface area contributed by atoms with Crippen LogP contribution in [0.3, 0.4) is 0 Å². The molecule has 36 heavy (non-hydrogen) atoms. The summed E-state index contributed by atoms with van der Waals surface area (Å²) in [6.45, 7) is 5.20. The first-order chi connectivity index (χ1) is 17.0. The molecule has 3 aromatic rings. The van der Waals surface area contributed by atoms with Gasteiger partial charge in [-0.15, -0.1) is 5.10 Å². The van der Waals surface area contributed by atoms with E-state index in [4.69, 9.17) is 9.47 Å². The summed E-state index contributed by atoms with van der Waals surface area (Å²) in [5.74, 6) is 1.17. The Hall–Kier alpha value is -3.55. The summed E-state index contributed by atoms with van der Waals surface area (Å²) in [5.41, 5.74) is 4.92. The van der Waals surface area contributed by atoms with Crippen molar-refractivity contribution in [2.75, 3.05) is 25.7 Å². The van der Waals surface area contributed by atoms with E-state index in [1.807, 2.05) is 30.3 Å². The van der Waals surface area contributed by atoms with E-state index in [0.717, 1.165) is 30.1 Å². The van der Waals surface area contributed by atoms with E-state index in [2.05, 4.69) is 65.3 Å². The van der Waals surface area contributed by atoms with Crippen LogP contribution in [0.2, 0.25) is 0 Å². The summed E-state index contributed by atoms with van der Waals surface area (Å²) in [7, 11) is 3.25. The second kappa shape index (κ2) is 11.9. The minimum atomic E-state index is -0.304. The Morgan fingerprint density at radius 2 is 1.72 bits per heavy atom. The fourth-order valence-electron chi connectivity index (χ4n) is 4.76. The third-order valence-corrected chi connectivity index (χ3v) is 6.46. The van der Waals surface area contributed by atoms with Crippen LogP contribution in [0.25, 0.3) is 0 Å². The van der Waals surface area contributed by atoms with Crippen molar-refractivity contribution in [2.45, 2.75) is 25.7 Å². The van der Waals surface area contributed by atoms with Crippen LogP contribution in [0, 0.1) is 0 Å². The van der Waals surface area contributed by atoms with Crippen molar-refractivity contribution in [3.8, 4) is 11.5 Å².